The van der Waals surface area contributed by atoms with Crippen LogP contribution in [0.1, 0.15) is 36.1 Å². The highest BCUT2D eigenvalue weighted by Crippen LogP contribution is 2.41. The standard InChI is InChI=1S/C25H28N2O5/c1-15-12-18-13-17(8-9-20(18)32-15)23(29)21-22(16-6-4-7-19(28)14-16)27(25(31)24(21)30)11-5-10-26(2)3/h4,6-9,13-15,22,28-29H,5,10-12H2,1-3H3/t15-,22+/m1/s1. The number of fused-ring (bicyclic) bond motifs is 1. The highest BCUT2D eigenvalue weighted by Gasteiger charge is 2.46. The van der Waals surface area contributed by atoms with Gasteiger partial charge in [0.15, 0.2) is 0 Å². The van der Waals surface area contributed by atoms with E-state index in [2.05, 4.69) is 0 Å². The first-order valence-electron chi connectivity index (χ1n) is 10.8. The monoisotopic (exact) mass is 436 g/mol. The molecule has 2 aliphatic heterocycles. The maximum Gasteiger partial charge on any atom is 0.295 e. The van der Waals surface area contributed by atoms with Gasteiger partial charge in [0.05, 0.1) is 11.6 Å². The number of carbonyl (C=O) groups excluding carboxylic acids is 2. The number of phenols is 1. The van der Waals surface area contributed by atoms with Crippen LogP contribution in [0.15, 0.2) is 48.0 Å². The average Bonchev–Trinajstić information content (AvgIpc) is 3.24. The highest BCUT2D eigenvalue weighted by atomic mass is 16.5. The summed E-state index contributed by atoms with van der Waals surface area (Å²) < 4.78 is 5.73. The maximum absolute atomic E-state index is 13.1. The van der Waals surface area contributed by atoms with Crippen LogP contribution in [0.4, 0.5) is 0 Å². The molecule has 0 unspecified atom stereocenters. The number of hydrogen-bond donors (Lipinski definition) is 2. The minimum Gasteiger partial charge on any atom is -0.508 e. The number of Topliss-reactive ketones (excluding diaryl/α,β-unsaturated/α-hetero) is 1. The summed E-state index contributed by atoms with van der Waals surface area (Å²) in [5.74, 6) is -0.774. The van der Waals surface area contributed by atoms with Crippen LogP contribution >= 0.6 is 0 Å². The zero-order valence-corrected chi connectivity index (χ0v) is 18.5. The molecule has 2 heterocycles. The number of rotatable bonds is 6. The fourth-order valence-corrected chi connectivity index (χ4v) is 4.43. The van der Waals surface area contributed by atoms with Gasteiger partial charge in [-0.3, -0.25) is 9.59 Å². The van der Waals surface area contributed by atoms with E-state index in [-0.39, 0.29) is 23.2 Å². The van der Waals surface area contributed by atoms with Crippen LogP contribution in [0.3, 0.4) is 0 Å². The third-order valence-corrected chi connectivity index (χ3v) is 5.90. The van der Waals surface area contributed by atoms with Crippen molar-refractivity contribution in [3.05, 3.63) is 64.7 Å². The molecule has 1 saturated heterocycles. The number of aliphatic hydroxyl groups excluding tert-OH is 1. The summed E-state index contributed by atoms with van der Waals surface area (Å²) in [4.78, 5) is 29.5. The van der Waals surface area contributed by atoms with Crippen LogP contribution in [-0.4, -0.2) is 65.0 Å². The molecule has 1 fully saturated rings. The second kappa shape index (κ2) is 8.67. The van der Waals surface area contributed by atoms with Gasteiger partial charge in [0, 0.05) is 18.5 Å². The van der Waals surface area contributed by atoms with Gasteiger partial charge in [-0.25, -0.2) is 0 Å². The van der Waals surface area contributed by atoms with E-state index in [1.807, 2.05) is 32.0 Å². The molecule has 32 heavy (non-hydrogen) atoms. The van der Waals surface area contributed by atoms with Gasteiger partial charge in [0.25, 0.3) is 11.7 Å². The molecule has 168 valence electrons. The summed E-state index contributed by atoms with van der Waals surface area (Å²) in [6.07, 6.45) is 1.44. The Hall–Kier alpha value is -3.32. The summed E-state index contributed by atoms with van der Waals surface area (Å²) >= 11 is 0. The fraction of sp³-hybridized carbons (Fsp3) is 0.360. The average molecular weight is 437 g/mol. The molecule has 0 aromatic heterocycles. The SMILES string of the molecule is C[C@@H]1Cc2cc(C(O)=C3C(=O)C(=O)N(CCCN(C)C)[C@H]3c3cccc(O)c3)ccc2O1. The number of nitrogens with zero attached hydrogens (tertiary/aromatic N) is 2. The second-order valence-corrected chi connectivity index (χ2v) is 8.70. The van der Waals surface area contributed by atoms with Crippen molar-refractivity contribution in [2.45, 2.75) is 31.9 Å². The quantitative estimate of drug-likeness (QED) is 0.411. The molecule has 2 N–H and O–H groups in total. The van der Waals surface area contributed by atoms with Crippen LogP contribution in [0, 0.1) is 0 Å². The van der Waals surface area contributed by atoms with Gasteiger partial charge in [-0.15, -0.1) is 0 Å². The van der Waals surface area contributed by atoms with Crippen molar-refractivity contribution in [3.8, 4) is 11.5 Å². The minimum atomic E-state index is -0.771. The molecule has 7 nitrogen and oxygen atoms in total. The Labute approximate surface area is 187 Å². The van der Waals surface area contributed by atoms with Crippen molar-refractivity contribution in [2.24, 2.45) is 0 Å². The van der Waals surface area contributed by atoms with E-state index < -0.39 is 17.7 Å². The number of amides is 1. The topological polar surface area (TPSA) is 90.3 Å². The van der Waals surface area contributed by atoms with Crippen molar-refractivity contribution in [2.75, 3.05) is 27.2 Å². The van der Waals surface area contributed by atoms with Gasteiger partial charge >= 0.3 is 0 Å². The van der Waals surface area contributed by atoms with Crippen molar-refractivity contribution in [3.63, 3.8) is 0 Å². The van der Waals surface area contributed by atoms with E-state index in [4.69, 9.17) is 4.74 Å². The minimum absolute atomic E-state index is 0.0325. The Morgan fingerprint density at radius 1 is 1.19 bits per heavy atom. The van der Waals surface area contributed by atoms with Crippen molar-refractivity contribution >= 4 is 17.4 Å². The van der Waals surface area contributed by atoms with Gasteiger partial charge < -0.3 is 24.7 Å². The normalized spacial score (nSPS) is 21.8. The maximum atomic E-state index is 13.1. The van der Waals surface area contributed by atoms with Crippen LogP contribution in [-0.2, 0) is 16.0 Å². The van der Waals surface area contributed by atoms with Gasteiger partial charge in [0.1, 0.15) is 23.4 Å². The molecule has 4 rings (SSSR count). The van der Waals surface area contributed by atoms with Gasteiger partial charge in [-0.1, -0.05) is 12.1 Å². The third kappa shape index (κ3) is 4.08. The molecule has 2 atom stereocenters. The predicted octanol–water partition coefficient (Wildman–Crippen LogP) is 3.09. The summed E-state index contributed by atoms with van der Waals surface area (Å²) in [7, 11) is 3.89. The Bertz CT molecular complexity index is 1090. The van der Waals surface area contributed by atoms with E-state index in [0.717, 1.165) is 17.9 Å². The Balaban J connectivity index is 1.78. The Kier molecular flexibility index (Phi) is 5.93. The Morgan fingerprint density at radius 3 is 2.69 bits per heavy atom. The van der Waals surface area contributed by atoms with Crippen LogP contribution < -0.4 is 4.74 Å². The molecular weight excluding hydrogens is 408 g/mol. The van der Waals surface area contributed by atoms with Crippen molar-refractivity contribution in [1.82, 2.24) is 9.80 Å². The number of benzene rings is 2. The number of hydrogen-bond acceptors (Lipinski definition) is 6. The van der Waals surface area contributed by atoms with E-state index >= 15 is 0 Å². The zero-order valence-electron chi connectivity index (χ0n) is 18.5. The number of ketones is 1. The zero-order chi connectivity index (χ0) is 23.0. The van der Waals surface area contributed by atoms with Gasteiger partial charge in [-0.2, -0.15) is 0 Å². The Morgan fingerprint density at radius 2 is 1.97 bits per heavy atom. The summed E-state index contributed by atoms with van der Waals surface area (Å²) in [6, 6.07) is 11.0. The first-order valence-corrected chi connectivity index (χ1v) is 10.8. The number of likely N-dealkylation sites (tertiary alicyclic amines) is 1. The fourth-order valence-electron chi connectivity index (χ4n) is 4.43. The summed E-state index contributed by atoms with van der Waals surface area (Å²) in [5, 5.41) is 21.2. The second-order valence-electron chi connectivity index (χ2n) is 8.70. The molecule has 7 heteroatoms. The van der Waals surface area contributed by atoms with E-state index in [9.17, 15) is 19.8 Å². The summed E-state index contributed by atoms with van der Waals surface area (Å²) in [6.45, 7) is 3.08. The molecule has 1 amide bonds. The van der Waals surface area contributed by atoms with E-state index in [1.54, 1.807) is 24.3 Å². The van der Waals surface area contributed by atoms with Crippen LogP contribution in [0.25, 0.3) is 5.76 Å². The molecule has 0 bridgehead atoms. The lowest BCUT2D eigenvalue weighted by Crippen LogP contribution is -2.32. The van der Waals surface area contributed by atoms with E-state index in [0.29, 0.717) is 30.5 Å². The largest absolute Gasteiger partial charge is 0.508 e. The molecule has 0 saturated carbocycles. The lowest BCUT2D eigenvalue weighted by atomic mass is 9.94. The number of aliphatic hydroxyl groups is 1. The molecule has 0 aliphatic carbocycles. The first-order chi connectivity index (χ1) is 15.3. The summed E-state index contributed by atoms with van der Waals surface area (Å²) in [5.41, 5.74) is 2.04. The van der Waals surface area contributed by atoms with Crippen molar-refractivity contribution < 1.29 is 24.5 Å². The van der Waals surface area contributed by atoms with Crippen LogP contribution in [0.2, 0.25) is 0 Å². The smallest absolute Gasteiger partial charge is 0.295 e. The number of carbonyl (C=O) groups is 2. The molecule has 0 spiro atoms. The molecule has 2 aromatic carbocycles. The predicted molar refractivity (Wildman–Crippen MR) is 121 cm³/mol. The van der Waals surface area contributed by atoms with Crippen LogP contribution in [0.5, 0.6) is 11.5 Å². The molecule has 0 radical (unpaired) electrons. The lowest BCUT2D eigenvalue weighted by Gasteiger charge is -2.26. The highest BCUT2D eigenvalue weighted by molar-refractivity contribution is 6.46. The number of phenolic OH excluding ortho intramolecular Hbond substituents is 1. The number of aromatic hydroxyl groups is 1. The molecular formula is C25H28N2O5. The lowest BCUT2D eigenvalue weighted by molar-refractivity contribution is -0.139. The third-order valence-electron chi connectivity index (χ3n) is 5.90. The molecule has 2 aromatic rings. The molecule has 2 aliphatic rings. The van der Waals surface area contributed by atoms with E-state index in [1.165, 1.54) is 17.0 Å². The van der Waals surface area contributed by atoms with Gasteiger partial charge in [-0.05, 0) is 75.4 Å². The van der Waals surface area contributed by atoms with Gasteiger partial charge in [0.2, 0.25) is 0 Å². The number of ether oxygens (including phenoxy) is 1. The van der Waals surface area contributed by atoms with Crippen molar-refractivity contribution in [1.29, 1.82) is 0 Å². The first kappa shape index (κ1) is 21.9.